The summed E-state index contributed by atoms with van der Waals surface area (Å²) in [5, 5.41) is 9.44. The Morgan fingerprint density at radius 3 is 2.78 bits per heavy atom. The summed E-state index contributed by atoms with van der Waals surface area (Å²) in [4.78, 5) is 0. The van der Waals surface area contributed by atoms with Crippen LogP contribution >= 0.6 is 11.6 Å². The molecule has 2 unspecified atom stereocenters. The first-order valence-corrected chi connectivity index (χ1v) is 9.11. The summed E-state index contributed by atoms with van der Waals surface area (Å²) in [6, 6.07) is 7.11. The second kappa shape index (κ2) is 6.87. The Morgan fingerprint density at radius 1 is 1.22 bits per heavy atom. The van der Waals surface area contributed by atoms with E-state index < -0.39 is 17.6 Å². The minimum absolute atomic E-state index is 0.00128. The molecule has 3 N–H and O–H groups in total. The molecule has 3 nitrogen and oxygen atoms in total. The average molecular weight is 400 g/mol. The van der Waals surface area contributed by atoms with E-state index in [0.717, 1.165) is 19.0 Å². The highest BCUT2D eigenvalue weighted by molar-refractivity contribution is 6.31. The molecule has 0 aromatic heterocycles. The first-order chi connectivity index (χ1) is 12.8. The van der Waals surface area contributed by atoms with E-state index in [1.807, 2.05) is 0 Å². The van der Waals surface area contributed by atoms with Crippen LogP contribution in [0.25, 0.3) is 0 Å². The maximum atomic E-state index is 13.9. The van der Waals surface area contributed by atoms with Crippen molar-refractivity contribution >= 4 is 23.0 Å². The number of piperidine rings is 1. The molecule has 2 heterocycles. The fourth-order valence-corrected chi connectivity index (χ4v) is 4.11. The number of nitrogens with one attached hydrogen (secondary N) is 3. The number of anilines is 2. The number of alkyl halides is 3. The molecule has 2 aliphatic rings. The van der Waals surface area contributed by atoms with Crippen molar-refractivity contribution in [3.63, 3.8) is 0 Å². The summed E-state index contributed by atoms with van der Waals surface area (Å²) in [5.41, 5.74) is 0.633. The zero-order chi connectivity index (χ0) is 19.2. The highest BCUT2D eigenvalue weighted by atomic mass is 35.5. The molecule has 4 rings (SSSR count). The van der Waals surface area contributed by atoms with Gasteiger partial charge in [0.25, 0.3) is 0 Å². The molecule has 0 saturated carbocycles. The summed E-state index contributed by atoms with van der Waals surface area (Å²) in [7, 11) is 0. The Hall–Kier alpha value is -1.99. The van der Waals surface area contributed by atoms with Crippen molar-refractivity contribution in [1.82, 2.24) is 5.32 Å². The van der Waals surface area contributed by atoms with Gasteiger partial charge in [0.05, 0.1) is 11.3 Å². The number of halogens is 5. The van der Waals surface area contributed by atoms with Gasteiger partial charge in [-0.15, -0.1) is 0 Å². The number of fused-ring (bicyclic) bond motifs is 3. The largest absolute Gasteiger partial charge is 0.418 e. The van der Waals surface area contributed by atoms with Crippen molar-refractivity contribution in [3.05, 3.63) is 57.9 Å². The number of rotatable bonds is 3. The molecule has 1 fully saturated rings. The number of hydrogen-bond donors (Lipinski definition) is 3. The Labute approximate surface area is 159 Å². The van der Waals surface area contributed by atoms with Gasteiger partial charge in [0, 0.05) is 41.3 Å². The first-order valence-electron chi connectivity index (χ1n) is 8.74. The van der Waals surface area contributed by atoms with Gasteiger partial charge in [0.15, 0.2) is 0 Å². The van der Waals surface area contributed by atoms with Crippen LogP contribution in [0.15, 0.2) is 30.3 Å². The van der Waals surface area contributed by atoms with Gasteiger partial charge in [-0.3, -0.25) is 0 Å². The molecule has 0 radical (unpaired) electrons. The average Bonchev–Trinajstić information content (AvgIpc) is 2.98. The van der Waals surface area contributed by atoms with E-state index in [0.29, 0.717) is 17.8 Å². The molecule has 2 aromatic carbocycles. The van der Waals surface area contributed by atoms with Crippen molar-refractivity contribution in [2.45, 2.75) is 31.1 Å². The third-order valence-electron chi connectivity index (χ3n) is 5.22. The van der Waals surface area contributed by atoms with Gasteiger partial charge in [-0.05, 0) is 42.8 Å². The predicted molar refractivity (Wildman–Crippen MR) is 97.8 cm³/mol. The smallest absolute Gasteiger partial charge is 0.381 e. The third kappa shape index (κ3) is 3.46. The molecule has 8 heteroatoms. The second-order valence-corrected chi connectivity index (χ2v) is 7.30. The van der Waals surface area contributed by atoms with Gasteiger partial charge in [-0.2, -0.15) is 13.2 Å². The summed E-state index contributed by atoms with van der Waals surface area (Å²) >= 11 is 6.01. The van der Waals surface area contributed by atoms with Gasteiger partial charge in [0.2, 0.25) is 0 Å². The molecule has 0 bridgehead atoms. The lowest BCUT2D eigenvalue weighted by molar-refractivity contribution is -0.136. The minimum Gasteiger partial charge on any atom is -0.381 e. The molecule has 0 aliphatic carbocycles. The molecule has 2 atom stereocenters. The van der Waals surface area contributed by atoms with Crippen LogP contribution in [0.2, 0.25) is 5.02 Å². The lowest BCUT2D eigenvalue weighted by Crippen LogP contribution is -2.38. The molecule has 27 heavy (non-hydrogen) atoms. The van der Waals surface area contributed by atoms with Gasteiger partial charge < -0.3 is 16.0 Å². The lowest BCUT2D eigenvalue weighted by Gasteiger charge is -2.26. The SMILES string of the molecule is Fc1cccc(Cl)c1CNc1cc2c(c(C(F)(F)F)c1)NC1CCNCC21. The van der Waals surface area contributed by atoms with Crippen LogP contribution < -0.4 is 16.0 Å². The molecule has 1 saturated heterocycles. The van der Waals surface area contributed by atoms with E-state index in [2.05, 4.69) is 16.0 Å². The van der Waals surface area contributed by atoms with Crippen LogP contribution in [0, 0.1) is 5.82 Å². The summed E-state index contributed by atoms with van der Waals surface area (Å²) in [6.07, 6.45) is -3.71. The van der Waals surface area contributed by atoms with Gasteiger partial charge in [-0.1, -0.05) is 17.7 Å². The van der Waals surface area contributed by atoms with E-state index in [1.54, 1.807) is 12.1 Å². The van der Waals surface area contributed by atoms with Crippen molar-refractivity contribution < 1.29 is 17.6 Å². The predicted octanol–water partition coefficient (Wildman–Crippen LogP) is 4.98. The number of hydrogen-bond acceptors (Lipinski definition) is 3. The zero-order valence-electron chi connectivity index (χ0n) is 14.3. The Balaban J connectivity index is 1.68. The van der Waals surface area contributed by atoms with Gasteiger partial charge in [0.1, 0.15) is 5.82 Å². The lowest BCUT2D eigenvalue weighted by atomic mass is 9.89. The van der Waals surface area contributed by atoms with E-state index in [9.17, 15) is 17.6 Å². The quantitative estimate of drug-likeness (QED) is 0.637. The maximum absolute atomic E-state index is 13.9. The van der Waals surface area contributed by atoms with Crippen molar-refractivity contribution in [1.29, 1.82) is 0 Å². The minimum atomic E-state index is -4.48. The Kier molecular flexibility index (Phi) is 4.68. The van der Waals surface area contributed by atoms with Crippen LogP contribution in [0.1, 0.15) is 29.0 Å². The van der Waals surface area contributed by atoms with Crippen LogP contribution in [0.3, 0.4) is 0 Å². The van der Waals surface area contributed by atoms with E-state index in [4.69, 9.17) is 11.6 Å². The standard InChI is InChI=1S/C19H18ClF4N3/c20-15-2-1-3-16(21)13(15)9-26-10-6-11-12-8-25-5-4-17(12)27-18(11)14(7-10)19(22,23)24/h1-3,6-7,12,17,25-27H,4-5,8-9H2. The highest BCUT2D eigenvalue weighted by Crippen LogP contribution is 2.47. The molecule has 0 spiro atoms. The van der Waals surface area contributed by atoms with E-state index in [1.165, 1.54) is 12.1 Å². The van der Waals surface area contributed by atoms with Crippen LogP contribution in [0.5, 0.6) is 0 Å². The monoisotopic (exact) mass is 399 g/mol. The summed E-state index contributed by atoms with van der Waals surface area (Å²) in [6.45, 7) is 1.41. The van der Waals surface area contributed by atoms with Crippen LogP contribution in [-0.4, -0.2) is 19.1 Å². The Bertz CT molecular complexity index is 849. The first kappa shape index (κ1) is 18.4. The van der Waals surface area contributed by atoms with E-state index in [-0.39, 0.29) is 34.8 Å². The molecular weight excluding hydrogens is 382 g/mol. The third-order valence-corrected chi connectivity index (χ3v) is 5.57. The molecule has 2 aromatic rings. The van der Waals surface area contributed by atoms with Crippen LogP contribution in [-0.2, 0) is 12.7 Å². The maximum Gasteiger partial charge on any atom is 0.418 e. The number of benzene rings is 2. The fourth-order valence-electron chi connectivity index (χ4n) is 3.88. The molecule has 0 amide bonds. The molecular formula is C19H18ClF4N3. The summed E-state index contributed by atoms with van der Waals surface area (Å²) < 4.78 is 54.8. The van der Waals surface area contributed by atoms with E-state index >= 15 is 0 Å². The second-order valence-electron chi connectivity index (χ2n) is 6.89. The zero-order valence-corrected chi connectivity index (χ0v) is 15.0. The van der Waals surface area contributed by atoms with Gasteiger partial charge >= 0.3 is 6.18 Å². The van der Waals surface area contributed by atoms with Crippen molar-refractivity contribution in [2.75, 3.05) is 23.7 Å². The summed E-state index contributed by atoms with van der Waals surface area (Å²) in [5.74, 6) is -0.515. The fraction of sp³-hybridized carbons (Fsp3) is 0.368. The van der Waals surface area contributed by atoms with Crippen LogP contribution in [0.4, 0.5) is 28.9 Å². The molecule has 144 valence electrons. The normalized spacial score (nSPS) is 21.4. The van der Waals surface area contributed by atoms with Gasteiger partial charge in [-0.25, -0.2) is 4.39 Å². The molecule has 2 aliphatic heterocycles. The van der Waals surface area contributed by atoms with Crippen molar-refractivity contribution in [2.24, 2.45) is 0 Å². The highest BCUT2D eigenvalue weighted by Gasteiger charge is 2.42. The van der Waals surface area contributed by atoms with Crippen molar-refractivity contribution in [3.8, 4) is 0 Å². The Morgan fingerprint density at radius 2 is 2.04 bits per heavy atom. The topological polar surface area (TPSA) is 36.1 Å².